The highest BCUT2D eigenvalue weighted by atomic mass is 16.5. The number of urea groups is 1. The van der Waals surface area contributed by atoms with Crippen molar-refractivity contribution in [2.45, 2.75) is 19.9 Å². The molecule has 0 aliphatic carbocycles. The first-order valence-corrected chi connectivity index (χ1v) is 5.43. The lowest BCUT2D eigenvalue weighted by Gasteiger charge is -2.13. The van der Waals surface area contributed by atoms with E-state index in [4.69, 9.17) is 9.84 Å². The van der Waals surface area contributed by atoms with Gasteiger partial charge in [0.2, 0.25) is 0 Å². The second-order valence-electron chi connectivity index (χ2n) is 4.00. The van der Waals surface area contributed by atoms with E-state index < -0.39 is 12.0 Å². The van der Waals surface area contributed by atoms with Crippen LogP contribution in [0.4, 0.5) is 10.5 Å². The summed E-state index contributed by atoms with van der Waals surface area (Å²) >= 11 is 0. The Hall–Kier alpha value is -2.02. The molecule has 1 aromatic heterocycles. The summed E-state index contributed by atoms with van der Waals surface area (Å²) in [5.41, 5.74) is 0.858. The molecule has 7 heteroatoms. The maximum Gasteiger partial charge on any atom is 0.354 e. The zero-order chi connectivity index (χ0) is 13.7. The van der Waals surface area contributed by atoms with Gasteiger partial charge in [0, 0.05) is 12.8 Å². The molecule has 0 saturated carbocycles. The van der Waals surface area contributed by atoms with E-state index in [1.807, 2.05) is 0 Å². The molecule has 0 saturated heterocycles. The van der Waals surface area contributed by atoms with E-state index in [-0.39, 0.29) is 17.4 Å². The third-order valence-corrected chi connectivity index (χ3v) is 2.21. The summed E-state index contributed by atoms with van der Waals surface area (Å²) in [6.07, 6.45) is 0. The first kappa shape index (κ1) is 14.0. The number of aromatic amines is 1. The molecule has 18 heavy (non-hydrogen) atoms. The molecule has 1 atom stereocenters. The number of rotatable bonds is 5. The standard InChI is InChI=1S/C11H17N3O4/c1-6-4-8(9(12-6)10(15)16)14-11(17)13-7(2)5-18-3/h4,7,12H,5H2,1-3H3,(H,15,16)(H2,13,14,17). The van der Waals surface area contributed by atoms with Gasteiger partial charge in [-0.25, -0.2) is 9.59 Å². The number of carboxylic acid groups (broad SMARTS) is 1. The second kappa shape index (κ2) is 6.06. The third-order valence-electron chi connectivity index (χ3n) is 2.21. The van der Waals surface area contributed by atoms with Gasteiger partial charge in [0.15, 0.2) is 0 Å². The van der Waals surface area contributed by atoms with E-state index in [0.29, 0.717) is 12.3 Å². The molecule has 7 nitrogen and oxygen atoms in total. The number of hydrogen-bond donors (Lipinski definition) is 4. The summed E-state index contributed by atoms with van der Waals surface area (Å²) < 4.78 is 4.88. The van der Waals surface area contributed by atoms with Crippen molar-refractivity contribution in [3.8, 4) is 0 Å². The van der Waals surface area contributed by atoms with Crippen LogP contribution in [0.2, 0.25) is 0 Å². The fourth-order valence-corrected chi connectivity index (χ4v) is 1.53. The van der Waals surface area contributed by atoms with Gasteiger partial charge in [0.1, 0.15) is 5.69 Å². The Balaban J connectivity index is 2.67. The molecule has 2 amide bonds. The SMILES string of the molecule is COCC(C)NC(=O)Nc1cc(C)[nH]c1C(=O)O. The Morgan fingerprint density at radius 2 is 2.22 bits per heavy atom. The van der Waals surface area contributed by atoms with Gasteiger partial charge in [-0.15, -0.1) is 0 Å². The van der Waals surface area contributed by atoms with E-state index >= 15 is 0 Å². The number of aryl methyl sites for hydroxylation is 1. The van der Waals surface area contributed by atoms with Gasteiger partial charge in [-0.05, 0) is 19.9 Å². The number of anilines is 1. The average molecular weight is 255 g/mol. The number of ether oxygens (including phenoxy) is 1. The van der Waals surface area contributed by atoms with Crippen molar-refractivity contribution >= 4 is 17.7 Å². The van der Waals surface area contributed by atoms with Crippen LogP contribution in [0.3, 0.4) is 0 Å². The molecule has 0 spiro atoms. The van der Waals surface area contributed by atoms with Gasteiger partial charge in [0.25, 0.3) is 0 Å². The van der Waals surface area contributed by atoms with Gasteiger partial charge >= 0.3 is 12.0 Å². The largest absolute Gasteiger partial charge is 0.477 e. The lowest BCUT2D eigenvalue weighted by atomic mass is 10.3. The minimum Gasteiger partial charge on any atom is -0.477 e. The van der Waals surface area contributed by atoms with Crippen molar-refractivity contribution in [3.05, 3.63) is 17.5 Å². The maximum absolute atomic E-state index is 11.6. The molecule has 1 rings (SSSR count). The molecule has 0 bridgehead atoms. The highest BCUT2D eigenvalue weighted by Crippen LogP contribution is 2.16. The number of carbonyl (C=O) groups is 2. The molecule has 1 heterocycles. The fourth-order valence-electron chi connectivity index (χ4n) is 1.53. The average Bonchev–Trinajstić information content (AvgIpc) is 2.59. The van der Waals surface area contributed by atoms with E-state index in [9.17, 15) is 9.59 Å². The summed E-state index contributed by atoms with van der Waals surface area (Å²) in [6, 6.07) is 0.925. The number of aromatic nitrogens is 1. The predicted molar refractivity (Wildman–Crippen MR) is 66.0 cm³/mol. The smallest absolute Gasteiger partial charge is 0.354 e. The van der Waals surface area contributed by atoms with E-state index in [0.717, 1.165) is 0 Å². The summed E-state index contributed by atoms with van der Waals surface area (Å²) in [5.74, 6) is -1.12. The second-order valence-corrected chi connectivity index (χ2v) is 4.00. The normalized spacial score (nSPS) is 11.9. The van der Waals surface area contributed by atoms with Gasteiger partial charge in [-0.2, -0.15) is 0 Å². The van der Waals surface area contributed by atoms with Gasteiger partial charge in [-0.1, -0.05) is 0 Å². The zero-order valence-electron chi connectivity index (χ0n) is 10.5. The summed E-state index contributed by atoms with van der Waals surface area (Å²) in [5, 5.41) is 14.0. The molecular formula is C11H17N3O4. The molecule has 0 fully saturated rings. The van der Waals surface area contributed by atoms with Crippen molar-refractivity contribution in [3.63, 3.8) is 0 Å². The number of carboxylic acids is 1. The molecule has 0 radical (unpaired) electrons. The van der Waals surface area contributed by atoms with Crippen molar-refractivity contribution < 1.29 is 19.4 Å². The lowest BCUT2D eigenvalue weighted by molar-refractivity contribution is 0.0692. The van der Waals surface area contributed by atoms with E-state index in [2.05, 4.69) is 15.6 Å². The molecule has 1 unspecified atom stereocenters. The maximum atomic E-state index is 11.6. The molecule has 0 aliphatic rings. The highest BCUT2D eigenvalue weighted by molar-refractivity contribution is 5.99. The Kier molecular flexibility index (Phi) is 4.73. The molecule has 1 aromatic rings. The van der Waals surface area contributed by atoms with Crippen LogP contribution in [-0.2, 0) is 4.74 Å². The van der Waals surface area contributed by atoms with Crippen LogP contribution < -0.4 is 10.6 Å². The van der Waals surface area contributed by atoms with Crippen LogP contribution in [0.1, 0.15) is 23.1 Å². The van der Waals surface area contributed by atoms with Crippen LogP contribution in [0, 0.1) is 6.92 Å². The number of amides is 2. The van der Waals surface area contributed by atoms with E-state index in [1.165, 1.54) is 7.11 Å². The van der Waals surface area contributed by atoms with Gasteiger partial charge in [-0.3, -0.25) is 0 Å². The summed E-state index contributed by atoms with van der Waals surface area (Å²) in [4.78, 5) is 25.2. The van der Waals surface area contributed by atoms with Crippen LogP contribution in [-0.4, -0.2) is 41.8 Å². The van der Waals surface area contributed by atoms with Crippen molar-refractivity contribution in [2.24, 2.45) is 0 Å². The first-order valence-electron chi connectivity index (χ1n) is 5.43. The Morgan fingerprint density at radius 1 is 1.56 bits per heavy atom. The van der Waals surface area contributed by atoms with Crippen molar-refractivity contribution in [1.29, 1.82) is 0 Å². The fraction of sp³-hybridized carbons (Fsp3) is 0.455. The molecule has 4 N–H and O–H groups in total. The quantitative estimate of drug-likeness (QED) is 0.634. The van der Waals surface area contributed by atoms with Crippen LogP contribution in [0.5, 0.6) is 0 Å². The zero-order valence-corrected chi connectivity index (χ0v) is 10.5. The van der Waals surface area contributed by atoms with E-state index in [1.54, 1.807) is 19.9 Å². The van der Waals surface area contributed by atoms with Crippen LogP contribution in [0.15, 0.2) is 6.07 Å². The number of hydrogen-bond acceptors (Lipinski definition) is 3. The lowest BCUT2D eigenvalue weighted by Crippen LogP contribution is -2.38. The Morgan fingerprint density at radius 3 is 2.78 bits per heavy atom. The number of H-pyrrole nitrogens is 1. The molecule has 0 aromatic carbocycles. The minimum atomic E-state index is -1.12. The number of methoxy groups -OCH3 is 1. The van der Waals surface area contributed by atoms with Crippen LogP contribution in [0.25, 0.3) is 0 Å². The van der Waals surface area contributed by atoms with Crippen molar-refractivity contribution in [2.75, 3.05) is 19.0 Å². The molecule has 0 aliphatic heterocycles. The number of aromatic carboxylic acids is 1. The number of nitrogens with one attached hydrogen (secondary N) is 3. The molecular weight excluding hydrogens is 238 g/mol. The number of carbonyl (C=O) groups excluding carboxylic acids is 1. The third kappa shape index (κ3) is 3.77. The van der Waals surface area contributed by atoms with Gasteiger partial charge < -0.3 is 25.5 Å². The minimum absolute atomic E-state index is 0.0398. The summed E-state index contributed by atoms with van der Waals surface area (Å²) in [6.45, 7) is 3.87. The predicted octanol–water partition coefficient (Wildman–Crippen LogP) is 1.18. The van der Waals surface area contributed by atoms with Crippen LogP contribution >= 0.6 is 0 Å². The molecule has 100 valence electrons. The summed E-state index contributed by atoms with van der Waals surface area (Å²) in [7, 11) is 1.54. The topological polar surface area (TPSA) is 103 Å². The first-order chi connectivity index (χ1) is 8.43. The van der Waals surface area contributed by atoms with Crippen molar-refractivity contribution in [1.82, 2.24) is 10.3 Å². The highest BCUT2D eigenvalue weighted by Gasteiger charge is 2.16. The monoisotopic (exact) mass is 255 g/mol. The Labute approximate surface area is 105 Å². The Bertz CT molecular complexity index is 441. The van der Waals surface area contributed by atoms with Gasteiger partial charge in [0.05, 0.1) is 18.3 Å².